The number of aromatic amines is 2. The van der Waals surface area contributed by atoms with Crippen LogP contribution >= 0.6 is 0 Å². The van der Waals surface area contributed by atoms with E-state index in [1.807, 2.05) is 51.1 Å². The fourth-order valence-corrected chi connectivity index (χ4v) is 3.30. The van der Waals surface area contributed by atoms with Crippen LogP contribution in [-0.4, -0.2) is 50.9 Å². The third kappa shape index (κ3) is 4.88. The molecule has 4 rings (SSSR count). The fraction of sp³-hybridized carbons (Fsp3) is 0.304. The van der Waals surface area contributed by atoms with Crippen molar-refractivity contribution >= 4 is 33.9 Å². The molecule has 0 aliphatic carbocycles. The highest BCUT2D eigenvalue weighted by atomic mass is 16.6. The van der Waals surface area contributed by atoms with Crippen LogP contribution in [0.15, 0.2) is 42.5 Å². The second-order valence-corrected chi connectivity index (χ2v) is 8.47. The number of para-hydroxylation sites is 2. The smallest absolute Gasteiger partial charge is 0.407 e. The van der Waals surface area contributed by atoms with E-state index in [-0.39, 0.29) is 5.91 Å². The third-order valence-electron chi connectivity index (χ3n) is 4.75. The Morgan fingerprint density at radius 1 is 1.03 bits per heavy atom. The van der Waals surface area contributed by atoms with Crippen LogP contribution in [0.2, 0.25) is 0 Å². The summed E-state index contributed by atoms with van der Waals surface area (Å²) in [4.78, 5) is 32.1. The van der Waals surface area contributed by atoms with Gasteiger partial charge in [-0.05, 0) is 57.5 Å². The number of aromatic nitrogens is 4. The van der Waals surface area contributed by atoms with Crippen molar-refractivity contribution in [1.82, 2.24) is 30.8 Å². The van der Waals surface area contributed by atoms with Crippen molar-refractivity contribution < 1.29 is 14.3 Å². The van der Waals surface area contributed by atoms with E-state index >= 15 is 0 Å². The van der Waals surface area contributed by atoms with Crippen LogP contribution in [0.3, 0.4) is 0 Å². The van der Waals surface area contributed by atoms with Crippen molar-refractivity contribution in [2.75, 3.05) is 13.1 Å². The van der Waals surface area contributed by atoms with Crippen molar-refractivity contribution in [1.29, 1.82) is 0 Å². The first-order chi connectivity index (χ1) is 15.3. The molecule has 0 fully saturated rings. The number of fused-ring (bicyclic) bond motifs is 2. The van der Waals surface area contributed by atoms with Gasteiger partial charge in [0, 0.05) is 24.0 Å². The van der Waals surface area contributed by atoms with Gasteiger partial charge < -0.3 is 20.4 Å². The molecule has 2 heterocycles. The third-order valence-corrected chi connectivity index (χ3v) is 4.75. The maximum absolute atomic E-state index is 12.6. The fourth-order valence-electron chi connectivity index (χ4n) is 3.30. The average Bonchev–Trinajstić information content (AvgIpc) is 3.35. The molecular weight excluding hydrogens is 408 g/mol. The molecule has 32 heavy (non-hydrogen) atoms. The molecule has 2 amide bonds. The van der Waals surface area contributed by atoms with E-state index in [0.717, 1.165) is 21.9 Å². The van der Waals surface area contributed by atoms with Gasteiger partial charge in [0.05, 0.1) is 16.6 Å². The van der Waals surface area contributed by atoms with Crippen LogP contribution in [0.5, 0.6) is 0 Å². The largest absolute Gasteiger partial charge is 0.444 e. The molecule has 0 saturated heterocycles. The number of hydrogen-bond acceptors (Lipinski definition) is 5. The van der Waals surface area contributed by atoms with Crippen LogP contribution in [0.25, 0.3) is 33.5 Å². The lowest BCUT2D eigenvalue weighted by Crippen LogP contribution is -2.34. The molecule has 0 spiro atoms. The van der Waals surface area contributed by atoms with Gasteiger partial charge in [-0.25, -0.2) is 9.78 Å². The Balaban J connectivity index is 1.39. The van der Waals surface area contributed by atoms with Gasteiger partial charge in [0.25, 0.3) is 5.91 Å². The first-order valence-corrected chi connectivity index (χ1v) is 10.5. The summed E-state index contributed by atoms with van der Waals surface area (Å²) >= 11 is 0. The Kier molecular flexibility index (Phi) is 5.81. The maximum Gasteiger partial charge on any atom is 0.407 e. The highest BCUT2D eigenvalue weighted by Crippen LogP contribution is 2.27. The van der Waals surface area contributed by atoms with E-state index in [1.165, 1.54) is 0 Å². The second-order valence-electron chi connectivity index (χ2n) is 8.47. The number of hydrogen-bond donors (Lipinski definition) is 4. The predicted molar refractivity (Wildman–Crippen MR) is 122 cm³/mol. The Bertz CT molecular complexity index is 1230. The molecule has 9 nitrogen and oxygen atoms in total. The molecule has 0 bridgehead atoms. The summed E-state index contributed by atoms with van der Waals surface area (Å²) in [5.74, 6) is 0.448. The number of ether oxygens (including phenoxy) is 1. The number of H-pyrrole nitrogens is 2. The summed E-state index contributed by atoms with van der Waals surface area (Å²) in [7, 11) is 0. The zero-order valence-corrected chi connectivity index (χ0v) is 18.3. The Morgan fingerprint density at radius 3 is 2.59 bits per heavy atom. The summed E-state index contributed by atoms with van der Waals surface area (Å²) in [6.07, 6.45) is 0.121. The minimum absolute atomic E-state index is 0.194. The minimum atomic E-state index is -0.536. The summed E-state index contributed by atoms with van der Waals surface area (Å²) in [5.41, 5.74) is 3.24. The van der Waals surface area contributed by atoms with Gasteiger partial charge in [0.15, 0.2) is 5.82 Å². The average molecular weight is 435 g/mol. The number of carbonyl (C=O) groups is 2. The number of carbonyl (C=O) groups excluding carboxylic acids is 2. The Morgan fingerprint density at radius 2 is 1.81 bits per heavy atom. The lowest BCUT2D eigenvalue weighted by atomic mass is 10.1. The topological polar surface area (TPSA) is 125 Å². The van der Waals surface area contributed by atoms with E-state index in [4.69, 9.17) is 4.74 Å². The predicted octanol–water partition coefficient (Wildman–Crippen LogP) is 3.75. The van der Waals surface area contributed by atoms with E-state index in [1.54, 1.807) is 12.1 Å². The van der Waals surface area contributed by atoms with E-state index in [9.17, 15) is 9.59 Å². The van der Waals surface area contributed by atoms with Gasteiger partial charge in [-0.1, -0.05) is 12.1 Å². The van der Waals surface area contributed by atoms with Gasteiger partial charge in [-0.2, -0.15) is 5.10 Å². The zero-order chi connectivity index (χ0) is 22.7. The first-order valence-electron chi connectivity index (χ1n) is 10.5. The molecule has 166 valence electrons. The number of amides is 2. The summed E-state index contributed by atoms with van der Waals surface area (Å²) in [5, 5.41) is 13.7. The highest BCUT2D eigenvalue weighted by Gasteiger charge is 2.16. The molecule has 0 radical (unpaired) electrons. The van der Waals surface area contributed by atoms with Gasteiger partial charge in [-0.3, -0.25) is 9.89 Å². The van der Waals surface area contributed by atoms with Crippen molar-refractivity contribution in [2.45, 2.75) is 32.8 Å². The molecule has 9 heteroatoms. The van der Waals surface area contributed by atoms with Gasteiger partial charge in [0.1, 0.15) is 11.3 Å². The van der Waals surface area contributed by atoms with Crippen molar-refractivity contribution in [3.05, 3.63) is 48.0 Å². The number of benzene rings is 2. The number of imidazole rings is 1. The maximum atomic E-state index is 12.6. The molecule has 0 atom stereocenters. The lowest BCUT2D eigenvalue weighted by molar-refractivity contribution is 0.0527. The van der Waals surface area contributed by atoms with Crippen LogP contribution < -0.4 is 10.6 Å². The standard InChI is InChI=1S/C23H26N6O3/c1-23(2,3)32-22(31)25-12-6-11-24-21(30)14-9-10-16-15(13-14)19(29-28-16)20-26-17-7-4-5-8-18(17)27-20/h4-5,7-10,13H,6,11-12H2,1-3H3,(H,24,30)(H,25,31)(H,26,27)(H,28,29). The molecule has 0 unspecified atom stereocenters. The summed E-state index contributed by atoms with van der Waals surface area (Å²) in [6, 6.07) is 13.1. The lowest BCUT2D eigenvalue weighted by Gasteiger charge is -2.19. The van der Waals surface area contributed by atoms with Crippen LogP contribution in [-0.2, 0) is 4.74 Å². The summed E-state index contributed by atoms with van der Waals surface area (Å²) in [6.45, 7) is 6.26. The minimum Gasteiger partial charge on any atom is -0.444 e. The monoisotopic (exact) mass is 434 g/mol. The van der Waals surface area contributed by atoms with E-state index < -0.39 is 11.7 Å². The molecule has 0 aliphatic rings. The molecule has 0 saturated carbocycles. The zero-order valence-electron chi connectivity index (χ0n) is 18.3. The van der Waals surface area contributed by atoms with Crippen molar-refractivity contribution in [3.8, 4) is 11.5 Å². The van der Waals surface area contributed by atoms with Crippen LogP contribution in [0, 0.1) is 0 Å². The Hall–Kier alpha value is -3.88. The number of nitrogens with zero attached hydrogens (tertiary/aromatic N) is 2. The second kappa shape index (κ2) is 8.70. The number of alkyl carbamates (subject to hydrolysis) is 1. The van der Waals surface area contributed by atoms with Crippen molar-refractivity contribution in [3.63, 3.8) is 0 Å². The van der Waals surface area contributed by atoms with Crippen LogP contribution in [0.4, 0.5) is 4.79 Å². The highest BCUT2D eigenvalue weighted by molar-refractivity contribution is 6.01. The van der Waals surface area contributed by atoms with Gasteiger partial charge >= 0.3 is 6.09 Å². The molecule has 2 aromatic heterocycles. The quantitative estimate of drug-likeness (QED) is 0.344. The number of rotatable bonds is 6. The SMILES string of the molecule is CC(C)(C)OC(=O)NCCCNC(=O)c1ccc2[nH]nc(-c3nc4ccccc4[nH]3)c2c1. The molecule has 4 aromatic rings. The molecule has 4 N–H and O–H groups in total. The van der Waals surface area contributed by atoms with E-state index in [0.29, 0.717) is 36.6 Å². The summed E-state index contributed by atoms with van der Waals surface area (Å²) < 4.78 is 5.18. The normalized spacial score (nSPS) is 11.6. The van der Waals surface area contributed by atoms with Gasteiger partial charge in [0.2, 0.25) is 0 Å². The molecule has 0 aliphatic heterocycles. The Labute approximate surface area is 184 Å². The molecule has 2 aromatic carbocycles. The van der Waals surface area contributed by atoms with Crippen LogP contribution in [0.1, 0.15) is 37.6 Å². The van der Waals surface area contributed by atoms with E-state index in [2.05, 4.69) is 30.8 Å². The number of nitrogens with one attached hydrogen (secondary N) is 4. The first kappa shape index (κ1) is 21.4. The van der Waals surface area contributed by atoms with Crippen molar-refractivity contribution in [2.24, 2.45) is 0 Å². The van der Waals surface area contributed by atoms with Gasteiger partial charge in [-0.15, -0.1) is 0 Å². The molecular formula is C23H26N6O3.